The number of benzene rings is 1. The highest BCUT2D eigenvalue weighted by Crippen LogP contribution is 2.17. The predicted molar refractivity (Wildman–Crippen MR) is 59.7 cm³/mol. The van der Waals surface area contributed by atoms with Gasteiger partial charge in [-0.15, -0.1) is 0 Å². The molecule has 0 spiro atoms. The molecule has 1 aromatic carbocycles. The number of hydrogen-bond acceptors (Lipinski definition) is 3. The molecule has 5 heteroatoms. The van der Waals surface area contributed by atoms with Crippen LogP contribution in [0.15, 0.2) is 30.3 Å². The van der Waals surface area contributed by atoms with Crippen LogP contribution in [0.4, 0.5) is 0 Å². The Balaban J connectivity index is 2.96. The van der Waals surface area contributed by atoms with E-state index in [-0.39, 0.29) is 12.5 Å². The number of amides is 1. The smallest absolute Gasteiger partial charge is 0.236 e. The molecule has 1 rings (SSSR count). The Bertz CT molecular complexity index is 376. The zero-order valence-electron chi connectivity index (χ0n) is 9.29. The molecule has 0 aliphatic carbocycles. The van der Waals surface area contributed by atoms with Gasteiger partial charge in [0.15, 0.2) is 0 Å². The molecule has 5 nitrogen and oxygen atoms in total. The largest absolute Gasteiger partial charge is 0.348 e. The van der Waals surface area contributed by atoms with Crippen molar-refractivity contribution in [2.24, 2.45) is 0 Å². The van der Waals surface area contributed by atoms with E-state index in [0.29, 0.717) is 5.56 Å². The second-order valence-corrected chi connectivity index (χ2v) is 3.71. The van der Waals surface area contributed by atoms with Gasteiger partial charge in [-0.3, -0.25) is 14.9 Å². The average Bonchev–Trinajstić information content (AvgIpc) is 2.26. The summed E-state index contributed by atoms with van der Waals surface area (Å²) < 4.78 is 0. The van der Waals surface area contributed by atoms with Gasteiger partial charge in [0.2, 0.25) is 12.5 Å². The summed E-state index contributed by atoms with van der Waals surface area (Å²) in [5.74, 6) is -0.950. The summed E-state index contributed by atoms with van der Waals surface area (Å²) >= 11 is 0. The third-order valence-corrected chi connectivity index (χ3v) is 2.27. The molecule has 0 saturated carbocycles. The monoisotopic (exact) mass is 222 g/mol. The van der Waals surface area contributed by atoms with Gasteiger partial charge in [0.1, 0.15) is 5.92 Å². The SMILES string of the molecule is CN(C)C(=O)C(C[N+](=O)[O-])c1ccccc1. The Kier molecular flexibility index (Phi) is 3.99. The normalized spacial score (nSPS) is 11.9. The third-order valence-electron chi connectivity index (χ3n) is 2.27. The highest BCUT2D eigenvalue weighted by molar-refractivity contribution is 5.83. The van der Waals surface area contributed by atoms with E-state index < -0.39 is 10.8 Å². The minimum absolute atomic E-state index is 0.247. The molecule has 0 N–H and O–H groups in total. The van der Waals surface area contributed by atoms with Crippen LogP contribution in [-0.4, -0.2) is 36.4 Å². The van der Waals surface area contributed by atoms with Crippen molar-refractivity contribution in [3.63, 3.8) is 0 Å². The lowest BCUT2D eigenvalue weighted by Crippen LogP contribution is -2.32. The van der Waals surface area contributed by atoms with Gasteiger partial charge in [-0.1, -0.05) is 30.3 Å². The number of nitro groups is 1. The van der Waals surface area contributed by atoms with E-state index >= 15 is 0 Å². The van der Waals surface area contributed by atoms with Gasteiger partial charge in [0.25, 0.3) is 0 Å². The van der Waals surface area contributed by atoms with Gasteiger partial charge in [-0.2, -0.15) is 0 Å². The summed E-state index contributed by atoms with van der Waals surface area (Å²) in [4.78, 5) is 23.3. The zero-order valence-corrected chi connectivity index (χ0v) is 9.29. The Morgan fingerprint density at radius 1 is 1.38 bits per heavy atom. The minimum Gasteiger partial charge on any atom is -0.348 e. The van der Waals surface area contributed by atoms with E-state index in [2.05, 4.69) is 0 Å². The quantitative estimate of drug-likeness (QED) is 0.566. The van der Waals surface area contributed by atoms with Crippen LogP contribution in [0.2, 0.25) is 0 Å². The summed E-state index contributed by atoms with van der Waals surface area (Å²) in [7, 11) is 3.19. The number of likely N-dealkylation sites (N-methyl/N-ethyl adjacent to an activating group) is 1. The molecule has 1 atom stereocenters. The third kappa shape index (κ3) is 3.05. The fraction of sp³-hybridized carbons (Fsp3) is 0.364. The molecule has 1 unspecified atom stereocenters. The second-order valence-electron chi connectivity index (χ2n) is 3.71. The molecule has 0 radical (unpaired) electrons. The first-order valence-corrected chi connectivity index (χ1v) is 4.90. The van der Waals surface area contributed by atoms with Crippen LogP contribution in [0.1, 0.15) is 11.5 Å². The molecule has 0 saturated heterocycles. The van der Waals surface area contributed by atoms with E-state index in [1.165, 1.54) is 4.90 Å². The van der Waals surface area contributed by atoms with E-state index in [1.807, 2.05) is 6.07 Å². The molecule has 0 bridgehead atoms. The maximum absolute atomic E-state index is 11.8. The number of nitrogens with zero attached hydrogens (tertiary/aromatic N) is 2. The molecule has 0 aliphatic heterocycles. The summed E-state index contributed by atoms with van der Waals surface area (Å²) in [5, 5.41) is 10.5. The molecule has 0 heterocycles. The van der Waals surface area contributed by atoms with Crippen molar-refractivity contribution in [1.82, 2.24) is 4.90 Å². The van der Waals surface area contributed by atoms with Crippen molar-refractivity contribution in [3.05, 3.63) is 46.0 Å². The fourth-order valence-corrected chi connectivity index (χ4v) is 1.47. The Labute approximate surface area is 93.8 Å². The van der Waals surface area contributed by atoms with Crippen LogP contribution in [0, 0.1) is 10.1 Å². The van der Waals surface area contributed by atoms with Crippen molar-refractivity contribution in [2.45, 2.75) is 5.92 Å². The Hall–Kier alpha value is -1.91. The first-order chi connectivity index (χ1) is 7.52. The number of carbonyl (C=O) groups excluding carboxylic acids is 1. The number of rotatable bonds is 4. The molecular weight excluding hydrogens is 208 g/mol. The first-order valence-electron chi connectivity index (χ1n) is 4.90. The topological polar surface area (TPSA) is 63.5 Å². The zero-order chi connectivity index (χ0) is 12.1. The van der Waals surface area contributed by atoms with Gasteiger partial charge < -0.3 is 4.90 Å². The van der Waals surface area contributed by atoms with Crippen molar-refractivity contribution >= 4 is 5.91 Å². The summed E-state index contributed by atoms with van der Waals surface area (Å²) in [6.07, 6.45) is 0. The maximum atomic E-state index is 11.8. The van der Waals surface area contributed by atoms with Crippen LogP contribution in [-0.2, 0) is 4.79 Å². The minimum atomic E-state index is -0.703. The number of carbonyl (C=O) groups is 1. The van der Waals surface area contributed by atoms with Crippen molar-refractivity contribution < 1.29 is 9.72 Å². The summed E-state index contributed by atoms with van der Waals surface area (Å²) in [6, 6.07) is 8.81. The van der Waals surface area contributed by atoms with Crippen LogP contribution >= 0.6 is 0 Å². The standard InChI is InChI=1S/C11H14N2O3/c1-12(2)11(14)10(8-13(15)16)9-6-4-3-5-7-9/h3-7,10H,8H2,1-2H3. The van der Waals surface area contributed by atoms with E-state index in [4.69, 9.17) is 0 Å². The number of hydrogen-bond donors (Lipinski definition) is 0. The van der Waals surface area contributed by atoms with E-state index in [1.54, 1.807) is 38.4 Å². The molecule has 1 aromatic rings. The van der Waals surface area contributed by atoms with E-state index in [0.717, 1.165) is 0 Å². The summed E-state index contributed by atoms with van der Waals surface area (Å²) in [5.41, 5.74) is 0.679. The molecule has 16 heavy (non-hydrogen) atoms. The van der Waals surface area contributed by atoms with Crippen LogP contribution in [0.5, 0.6) is 0 Å². The van der Waals surface area contributed by atoms with Crippen molar-refractivity contribution in [2.75, 3.05) is 20.6 Å². The maximum Gasteiger partial charge on any atom is 0.236 e. The van der Waals surface area contributed by atoms with Crippen LogP contribution in [0.3, 0.4) is 0 Å². The van der Waals surface area contributed by atoms with Gasteiger partial charge in [0.05, 0.1) is 0 Å². The van der Waals surface area contributed by atoms with Crippen molar-refractivity contribution in [1.29, 1.82) is 0 Å². The summed E-state index contributed by atoms with van der Waals surface area (Å²) in [6.45, 7) is -0.374. The highest BCUT2D eigenvalue weighted by atomic mass is 16.6. The van der Waals surface area contributed by atoms with Gasteiger partial charge >= 0.3 is 0 Å². The highest BCUT2D eigenvalue weighted by Gasteiger charge is 2.26. The fourth-order valence-electron chi connectivity index (χ4n) is 1.47. The molecule has 86 valence electrons. The predicted octanol–water partition coefficient (Wildman–Crippen LogP) is 1.14. The van der Waals surface area contributed by atoms with Gasteiger partial charge in [0, 0.05) is 19.0 Å². The van der Waals surface area contributed by atoms with Crippen LogP contribution < -0.4 is 0 Å². The van der Waals surface area contributed by atoms with Gasteiger partial charge in [-0.25, -0.2) is 0 Å². The molecule has 0 aromatic heterocycles. The van der Waals surface area contributed by atoms with Crippen molar-refractivity contribution in [3.8, 4) is 0 Å². The molecule has 1 amide bonds. The molecule has 0 fully saturated rings. The van der Waals surface area contributed by atoms with Crippen LogP contribution in [0.25, 0.3) is 0 Å². The molecular formula is C11H14N2O3. The first kappa shape index (κ1) is 12.2. The lowest BCUT2D eigenvalue weighted by atomic mass is 9.98. The van der Waals surface area contributed by atoms with Gasteiger partial charge in [-0.05, 0) is 5.56 Å². The lowest BCUT2D eigenvalue weighted by molar-refractivity contribution is -0.481. The second kappa shape index (κ2) is 5.25. The lowest BCUT2D eigenvalue weighted by Gasteiger charge is -2.17. The Morgan fingerprint density at radius 2 is 1.94 bits per heavy atom. The van der Waals surface area contributed by atoms with E-state index in [9.17, 15) is 14.9 Å². The Morgan fingerprint density at radius 3 is 2.38 bits per heavy atom. The molecule has 0 aliphatic rings. The average molecular weight is 222 g/mol.